The standard InChI is InChI=1S/C9H3BrCl2F2O2/c10-9(12,8(11)16)7(15)6-4(13)2-1-3-5(6)14/h1-3H. The fourth-order valence-electron chi connectivity index (χ4n) is 0.961. The van der Waals surface area contributed by atoms with Crippen LogP contribution < -0.4 is 0 Å². The smallest absolute Gasteiger partial charge is 0.261 e. The molecule has 0 bridgehead atoms. The third kappa shape index (κ3) is 2.42. The summed E-state index contributed by atoms with van der Waals surface area (Å²) in [5.41, 5.74) is -0.914. The molecule has 1 aromatic rings. The summed E-state index contributed by atoms with van der Waals surface area (Å²) in [5, 5.41) is -1.28. The van der Waals surface area contributed by atoms with E-state index in [0.717, 1.165) is 18.2 Å². The van der Waals surface area contributed by atoms with Crippen LogP contribution >= 0.6 is 39.1 Å². The highest BCUT2D eigenvalue weighted by Crippen LogP contribution is 2.32. The summed E-state index contributed by atoms with van der Waals surface area (Å²) >= 11 is 13.0. The molecule has 0 amide bonds. The van der Waals surface area contributed by atoms with E-state index in [0.29, 0.717) is 0 Å². The van der Waals surface area contributed by atoms with Crippen molar-refractivity contribution in [2.45, 2.75) is 3.78 Å². The molecule has 16 heavy (non-hydrogen) atoms. The Bertz CT molecular complexity index is 443. The second kappa shape index (κ2) is 4.77. The van der Waals surface area contributed by atoms with Gasteiger partial charge in [-0.25, -0.2) is 8.78 Å². The van der Waals surface area contributed by atoms with Gasteiger partial charge in [0.15, 0.2) is 0 Å². The van der Waals surface area contributed by atoms with E-state index < -0.39 is 32.0 Å². The van der Waals surface area contributed by atoms with Crippen LogP contribution in [0.25, 0.3) is 0 Å². The van der Waals surface area contributed by atoms with Crippen molar-refractivity contribution >= 4 is 50.2 Å². The molecule has 0 aliphatic rings. The normalized spacial score (nSPS) is 14.3. The first-order valence-electron chi connectivity index (χ1n) is 3.85. The lowest BCUT2D eigenvalue weighted by molar-refractivity contribution is -0.111. The number of rotatable bonds is 3. The van der Waals surface area contributed by atoms with Gasteiger partial charge in [-0.05, 0) is 39.7 Å². The zero-order chi connectivity index (χ0) is 12.5. The molecule has 0 spiro atoms. The summed E-state index contributed by atoms with van der Waals surface area (Å²) in [6, 6.07) is 2.82. The maximum absolute atomic E-state index is 13.2. The number of hydrogen-bond donors (Lipinski definition) is 0. The lowest BCUT2D eigenvalue weighted by Crippen LogP contribution is -2.33. The van der Waals surface area contributed by atoms with Gasteiger partial charge in [-0.3, -0.25) is 9.59 Å². The lowest BCUT2D eigenvalue weighted by atomic mass is 10.1. The predicted octanol–water partition coefficient (Wildman–Crippen LogP) is 3.24. The number of benzene rings is 1. The minimum absolute atomic E-state index is 0.870. The van der Waals surface area contributed by atoms with Crippen molar-refractivity contribution in [2.24, 2.45) is 0 Å². The van der Waals surface area contributed by atoms with Crippen LogP contribution in [0.3, 0.4) is 0 Å². The van der Waals surface area contributed by atoms with Gasteiger partial charge in [-0.1, -0.05) is 17.7 Å². The highest BCUT2D eigenvalue weighted by Gasteiger charge is 2.43. The van der Waals surface area contributed by atoms with Gasteiger partial charge < -0.3 is 0 Å². The van der Waals surface area contributed by atoms with Crippen molar-refractivity contribution in [3.05, 3.63) is 35.4 Å². The Kier molecular flexibility index (Phi) is 4.04. The summed E-state index contributed by atoms with van der Waals surface area (Å²) in [5.74, 6) is -3.52. The SMILES string of the molecule is O=C(Cl)C(Cl)(Br)C(=O)c1c(F)cccc1F. The Balaban J connectivity index is 3.31. The highest BCUT2D eigenvalue weighted by molar-refractivity contribution is 9.11. The molecule has 86 valence electrons. The average Bonchev–Trinajstić information content (AvgIpc) is 2.16. The molecule has 0 heterocycles. The van der Waals surface area contributed by atoms with Crippen molar-refractivity contribution in [2.75, 3.05) is 0 Å². The molecule has 0 saturated heterocycles. The monoisotopic (exact) mass is 330 g/mol. The van der Waals surface area contributed by atoms with Crippen LogP contribution in [0.4, 0.5) is 8.78 Å². The average molecular weight is 332 g/mol. The third-order valence-electron chi connectivity index (χ3n) is 1.72. The van der Waals surface area contributed by atoms with Gasteiger partial charge in [0.1, 0.15) is 11.6 Å². The first kappa shape index (κ1) is 13.5. The quantitative estimate of drug-likeness (QED) is 0.369. The van der Waals surface area contributed by atoms with Gasteiger partial charge in [-0.15, -0.1) is 0 Å². The van der Waals surface area contributed by atoms with E-state index in [4.69, 9.17) is 23.2 Å². The van der Waals surface area contributed by atoms with Gasteiger partial charge in [0, 0.05) is 0 Å². The van der Waals surface area contributed by atoms with Gasteiger partial charge in [0.25, 0.3) is 5.24 Å². The summed E-state index contributed by atoms with van der Waals surface area (Å²) in [4.78, 5) is 22.4. The molecule has 1 atom stereocenters. The first-order valence-corrected chi connectivity index (χ1v) is 5.40. The van der Waals surface area contributed by atoms with E-state index in [2.05, 4.69) is 15.9 Å². The molecule has 0 fully saturated rings. The number of Topliss-reactive ketones (excluding diaryl/α,β-unsaturated/α-hetero) is 1. The summed E-state index contributed by atoms with van der Waals surface area (Å²) in [6.45, 7) is 0. The number of hydrogen-bond acceptors (Lipinski definition) is 2. The number of halogens is 5. The topological polar surface area (TPSA) is 34.1 Å². The van der Waals surface area contributed by atoms with E-state index >= 15 is 0 Å². The van der Waals surface area contributed by atoms with E-state index in [1.165, 1.54) is 0 Å². The summed E-state index contributed by atoms with van der Waals surface area (Å²) < 4.78 is 24.0. The molecule has 7 heteroatoms. The lowest BCUT2D eigenvalue weighted by Gasteiger charge is -2.14. The molecule has 1 aromatic carbocycles. The van der Waals surface area contributed by atoms with Gasteiger partial charge >= 0.3 is 0 Å². The number of ketones is 1. The maximum atomic E-state index is 13.2. The van der Waals surface area contributed by atoms with Crippen LogP contribution in [0.5, 0.6) is 0 Å². The Labute approximate surface area is 108 Å². The minimum atomic E-state index is -2.36. The van der Waals surface area contributed by atoms with E-state index in [9.17, 15) is 18.4 Å². The van der Waals surface area contributed by atoms with Crippen LogP contribution in [-0.2, 0) is 4.79 Å². The fourth-order valence-corrected chi connectivity index (χ4v) is 1.34. The summed E-state index contributed by atoms with van der Waals surface area (Å²) in [6.07, 6.45) is 0. The van der Waals surface area contributed by atoms with Crippen molar-refractivity contribution < 1.29 is 18.4 Å². The van der Waals surface area contributed by atoms with Crippen LogP contribution in [-0.4, -0.2) is 14.8 Å². The molecule has 0 aromatic heterocycles. The van der Waals surface area contributed by atoms with E-state index in [1.807, 2.05) is 0 Å². The number of carbonyl (C=O) groups excluding carboxylic acids is 2. The highest BCUT2D eigenvalue weighted by atomic mass is 79.9. The van der Waals surface area contributed by atoms with Crippen molar-refractivity contribution in [1.29, 1.82) is 0 Å². The van der Waals surface area contributed by atoms with Crippen molar-refractivity contribution in [3.63, 3.8) is 0 Å². The third-order valence-corrected chi connectivity index (χ3v) is 3.39. The van der Waals surface area contributed by atoms with E-state index in [-0.39, 0.29) is 0 Å². The molecule has 0 N–H and O–H groups in total. The molecule has 0 saturated carbocycles. The van der Waals surface area contributed by atoms with Gasteiger partial charge in [0.2, 0.25) is 9.57 Å². The van der Waals surface area contributed by atoms with Crippen LogP contribution in [0.2, 0.25) is 0 Å². The molecular formula is C9H3BrCl2F2O2. The maximum Gasteiger partial charge on any atom is 0.261 e. The second-order valence-electron chi connectivity index (χ2n) is 2.77. The van der Waals surface area contributed by atoms with Crippen molar-refractivity contribution in [3.8, 4) is 0 Å². The molecule has 0 radical (unpaired) electrons. The summed E-state index contributed by atoms with van der Waals surface area (Å²) in [7, 11) is 0. The van der Waals surface area contributed by atoms with Crippen LogP contribution in [0.15, 0.2) is 18.2 Å². The Morgan fingerprint density at radius 3 is 2.06 bits per heavy atom. The number of carbonyl (C=O) groups is 2. The molecule has 0 aliphatic heterocycles. The van der Waals surface area contributed by atoms with E-state index in [1.54, 1.807) is 0 Å². The van der Waals surface area contributed by atoms with Gasteiger partial charge in [0.05, 0.1) is 5.56 Å². The predicted molar refractivity (Wildman–Crippen MR) is 59.1 cm³/mol. The largest absolute Gasteiger partial charge is 0.290 e. The molecule has 0 aliphatic carbocycles. The number of alkyl halides is 2. The Morgan fingerprint density at radius 1 is 1.25 bits per heavy atom. The van der Waals surface area contributed by atoms with Gasteiger partial charge in [-0.2, -0.15) is 0 Å². The molecule has 1 rings (SSSR count). The Morgan fingerprint density at radius 2 is 1.69 bits per heavy atom. The zero-order valence-corrected chi connectivity index (χ0v) is 10.5. The molecule has 2 nitrogen and oxygen atoms in total. The molecular weight excluding hydrogens is 329 g/mol. The second-order valence-corrected chi connectivity index (χ2v) is 5.33. The fraction of sp³-hybridized carbons (Fsp3) is 0.111. The Hall–Kier alpha value is -0.520. The first-order chi connectivity index (χ1) is 7.28. The van der Waals surface area contributed by atoms with Crippen LogP contribution in [0, 0.1) is 11.6 Å². The van der Waals surface area contributed by atoms with Crippen molar-refractivity contribution in [1.82, 2.24) is 0 Å². The molecule has 1 unspecified atom stereocenters. The minimum Gasteiger partial charge on any atom is -0.290 e. The van der Waals surface area contributed by atoms with Crippen LogP contribution in [0.1, 0.15) is 10.4 Å². The zero-order valence-electron chi connectivity index (χ0n) is 7.44.